The third kappa shape index (κ3) is 4.93. The Morgan fingerprint density at radius 1 is 1.16 bits per heavy atom. The Kier molecular flexibility index (Phi) is 7.03. The Hall–Kier alpha value is -2.95. The molecule has 2 aromatic rings. The monoisotopic (exact) mass is 461 g/mol. The molecule has 2 aliphatic heterocycles. The number of aromatic amines is 1. The standard InChI is InChI=1S/C21H27N5O5S/c1-2-3-8-26-20(29)22-23-21(26)32-14-18(27)24-9-11-25(12-10-24)19(28)17-13-30-15-6-4-5-7-16(15)31-17/h4-7,17H,2-3,8-14H2,1H3,(H,22,29)/t17-/m1/s1. The van der Waals surface area contributed by atoms with Crippen LogP contribution in [0.5, 0.6) is 11.5 Å². The van der Waals surface area contributed by atoms with E-state index in [1.807, 2.05) is 18.2 Å². The summed E-state index contributed by atoms with van der Waals surface area (Å²) in [6.45, 7) is 4.62. The van der Waals surface area contributed by atoms with Crippen molar-refractivity contribution in [3.8, 4) is 11.5 Å². The van der Waals surface area contributed by atoms with Gasteiger partial charge in [0, 0.05) is 32.7 Å². The predicted octanol–water partition coefficient (Wildman–Crippen LogP) is 0.974. The summed E-state index contributed by atoms with van der Waals surface area (Å²) in [6, 6.07) is 7.29. The number of aromatic nitrogens is 3. The van der Waals surface area contributed by atoms with Crippen LogP contribution in [0.15, 0.2) is 34.2 Å². The van der Waals surface area contributed by atoms with Gasteiger partial charge in [-0.1, -0.05) is 37.2 Å². The van der Waals surface area contributed by atoms with Gasteiger partial charge in [0.05, 0.1) is 5.75 Å². The molecule has 1 saturated heterocycles. The number of H-pyrrole nitrogens is 1. The number of para-hydroxylation sites is 2. The number of nitrogens with zero attached hydrogens (tertiary/aromatic N) is 4. The number of amides is 2. The van der Waals surface area contributed by atoms with Crippen molar-refractivity contribution in [1.29, 1.82) is 0 Å². The van der Waals surface area contributed by atoms with Crippen LogP contribution >= 0.6 is 11.8 Å². The summed E-state index contributed by atoms with van der Waals surface area (Å²) >= 11 is 1.26. The van der Waals surface area contributed by atoms with E-state index >= 15 is 0 Å². The number of hydrogen-bond donors (Lipinski definition) is 1. The van der Waals surface area contributed by atoms with Crippen molar-refractivity contribution >= 4 is 23.6 Å². The third-order valence-electron chi connectivity index (χ3n) is 5.51. The zero-order chi connectivity index (χ0) is 22.5. The quantitative estimate of drug-likeness (QED) is 0.612. The maximum Gasteiger partial charge on any atom is 0.343 e. The van der Waals surface area contributed by atoms with Crippen LogP contribution in [-0.4, -0.2) is 81.0 Å². The average molecular weight is 462 g/mol. The van der Waals surface area contributed by atoms with Crippen molar-refractivity contribution in [2.45, 2.75) is 37.6 Å². The van der Waals surface area contributed by atoms with E-state index in [9.17, 15) is 14.4 Å². The summed E-state index contributed by atoms with van der Waals surface area (Å²) in [5, 5.41) is 7.01. The van der Waals surface area contributed by atoms with E-state index in [0.29, 0.717) is 49.4 Å². The highest BCUT2D eigenvalue weighted by Crippen LogP contribution is 2.31. The maximum atomic E-state index is 12.8. The van der Waals surface area contributed by atoms with Gasteiger partial charge in [0.2, 0.25) is 12.0 Å². The fourth-order valence-electron chi connectivity index (χ4n) is 3.67. The Morgan fingerprint density at radius 3 is 2.62 bits per heavy atom. The summed E-state index contributed by atoms with van der Waals surface area (Å²) in [6.07, 6.45) is 1.16. The number of thioether (sulfide) groups is 1. The molecule has 11 heteroatoms. The van der Waals surface area contributed by atoms with Gasteiger partial charge in [-0.2, -0.15) is 0 Å². The molecular formula is C21H27N5O5S. The number of nitrogens with one attached hydrogen (secondary N) is 1. The molecule has 0 unspecified atom stereocenters. The topological polar surface area (TPSA) is 110 Å². The van der Waals surface area contributed by atoms with Gasteiger partial charge in [0.1, 0.15) is 6.61 Å². The highest BCUT2D eigenvalue weighted by Gasteiger charge is 2.33. The number of unbranched alkanes of at least 4 members (excludes halogenated alkanes) is 1. The van der Waals surface area contributed by atoms with Gasteiger partial charge in [-0.05, 0) is 18.6 Å². The number of carbonyl (C=O) groups is 2. The van der Waals surface area contributed by atoms with Gasteiger partial charge in [0.25, 0.3) is 5.91 Å². The minimum atomic E-state index is -0.678. The smallest absolute Gasteiger partial charge is 0.343 e. The number of ether oxygens (including phenoxy) is 2. The first-order valence-electron chi connectivity index (χ1n) is 10.8. The lowest BCUT2D eigenvalue weighted by Gasteiger charge is -2.37. The number of fused-ring (bicyclic) bond motifs is 1. The predicted molar refractivity (Wildman–Crippen MR) is 118 cm³/mol. The fourth-order valence-corrected chi connectivity index (χ4v) is 4.54. The molecule has 1 aromatic heterocycles. The van der Waals surface area contributed by atoms with E-state index in [4.69, 9.17) is 9.47 Å². The van der Waals surface area contributed by atoms with E-state index in [-0.39, 0.29) is 29.9 Å². The van der Waals surface area contributed by atoms with Crippen LogP contribution in [0.25, 0.3) is 0 Å². The molecule has 0 bridgehead atoms. The average Bonchev–Trinajstić information content (AvgIpc) is 3.19. The van der Waals surface area contributed by atoms with E-state index in [1.165, 1.54) is 11.8 Å². The highest BCUT2D eigenvalue weighted by atomic mass is 32.2. The van der Waals surface area contributed by atoms with Crippen molar-refractivity contribution in [3.05, 3.63) is 34.7 Å². The maximum absolute atomic E-state index is 12.8. The molecule has 172 valence electrons. The molecule has 0 radical (unpaired) electrons. The number of rotatable bonds is 7. The molecule has 2 aliphatic rings. The van der Waals surface area contributed by atoms with Crippen LogP contribution in [0.1, 0.15) is 19.8 Å². The first-order valence-corrected chi connectivity index (χ1v) is 11.8. The zero-order valence-electron chi connectivity index (χ0n) is 18.0. The number of benzene rings is 1. The zero-order valence-corrected chi connectivity index (χ0v) is 18.8. The summed E-state index contributed by atoms with van der Waals surface area (Å²) in [7, 11) is 0. The highest BCUT2D eigenvalue weighted by molar-refractivity contribution is 7.99. The van der Waals surface area contributed by atoms with Crippen LogP contribution < -0.4 is 15.2 Å². The minimum absolute atomic E-state index is 0.0363. The second-order valence-corrected chi connectivity index (χ2v) is 8.62. The largest absolute Gasteiger partial charge is 0.485 e. The van der Waals surface area contributed by atoms with Crippen LogP contribution in [0.4, 0.5) is 0 Å². The first-order chi connectivity index (χ1) is 15.6. The Balaban J connectivity index is 1.25. The second kappa shape index (κ2) is 10.1. The SMILES string of the molecule is CCCCn1c(SCC(=O)N2CCN(C(=O)[C@H]3COc4ccccc4O3)CC2)n[nH]c1=O. The second-order valence-electron chi connectivity index (χ2n) is 7.68. The molecule has 1 aromatic carbocycles. The van der Waals surface area contributed by atoms with E-state index in [2.05, 4.69) is 17.1 Å². The lowest BCUT2D eigenvalue weighted by atomic mass is 10.2. The van der Waals surface area contributed by atoms with Crippen molar-refractivity contribution < 1.29 is 19.1 Å². The molecule has 0 aliphatic carbocycles. The Bertz CT molecular complexity index is 1010. The Morgan fingerprint density at radius 2 is 1.88 bits per heavy atom. The van der Waals surface area contributed by atoms with Crippen LogP contribution in [0.3, 0.4) is 0 Å². The third-order valence-corrected chi connectivity index (χ3v) is 6.47. The molecule has 1 atom stereocenters. The van der Waals surface area contributed by atoms with Crippen LogP contribution in [-0.2, 0) is 16.1 Å². The summed E-state index contributed by atoms with van der Waals surface area (Å²) < 4.78 is 13.0. The van der Waals surface area contributed by atoms with Gasteiger partial charge < -0.3 is 19.3 Å². The van der Waals surface area contributed by atoms with Crippen LogP contribution in [0, 0.1) is 0 Å². The first kappa shape index (κ1) is 22.3. The van der Waals surface area contributed by atoms with E-state index in [0.717, 1.165) is 12.8 Å². The van der Waals surface area contributed by atoms with Gasteiger partial charge >= 0.3 is 5.69 Å². The molecular weight excluding hydrogens is 434 g/mol. The summed E-state index contributed by atoms with van der Waals surface area (Å²) in [5.41, 5.74) is -0.253. The lowest BCUT2D eigenvalue weighted by molar-refractivity contribution is -0.145. The van der Waals surface area contributed by atoms with E-state index < -0.39 is 6.10 Å². The van der Waals surface area contributed by atoms with Gasteiger partial charge in [0.15, 0.2) is 16.7 Å². The van der Waals surface area contributed by atoms with E-state index in [1.54, 1.807) is 20.4 Å². The molecule has 2 amide bonds. The Labute approximate surface area is 189 Å². The number of hydrogen-bond acceptors (Lipinski definition) is 7. The molecule has 4 rings (SSSR count). The van der Waals surface area contributed by atoms with Gasteiger partial charge in [-0.3, -0.25) is 14.2 Å². The van der Waals surface area contributed by atoms with Gasteiger partial charge in [-0.25, -0.2) is 9.89 Å². The van der Waals surface area contributed by atoms with Crippen molar-refractivity contribution in [3.63, 3.8) is 0 Å². The number of carbonyl (C=O) groups excluding carboxylic acids is 2. The number of piperazine rings is 1. The molecule has 0 saturated carbocycles. The summed E-state index contributed by atoms with van der Waals surface area (Å²) in [4.78, 5) is 40.8. The normalized spacial score (nSPS) is 18.0. The summed E-state index contributed by atoms with van der Waals surface area (Å²) in [5.74, 6) is 1.24. The molecule has 10 nitrogen and oxygen atoms in total. The van der Waals surface area contributed by atoms with Crippen molar-refractivity contribution in [1.82, 2.24) is 24.6 Å². The molecule has 1 fully saturated rings. The van der Waals surface area contributed by atoms with Crippen LogP contribution in [0.2, 0.25) is 0 Å². The fraction of sp³-hybridized carbons (Fsp3) is 0.524. The minimum Gasteiger partial charge on any atom is -0.485 e. The van der Waals surface area contributed by atoms with Crippen molar-refractivity contribution in [2.75, 3.05) is 38.5 Å². The molecule has 1 N–H and O–H groups in total. The molecule has 3 heterocycles. The lowest BCUT2D eigenvalue weighted by Crippen LogP contribution is -2.55. The van der Waals surface area contributed by atoms with Gasteiger partial charge in [-0.15, -0.1) is 5.10 Å². The van der Waals surface area contributed by atoms with Crippen molar-refractivity contribution in [2.24, 2.45) is 0 Å². The molecule has 0 spiro atoms. The molecule has 32 heavy (non-hydrogen) atoms.